The first-order valence-electron chi connectivity index (χ1n) is 10.0. The summed E-state index contributed by atoms with van der Waals surface area (Å²) in [6.07, 6.45) is -7.30. The van der Waals surface area contributed by atoms with E-state index in [9.17, 15) is 9.13 Å². The molecule has 6 nitrogen and oxygen atoms in total. The molecule has 0 amide bonds. The summed E-state index contributed by atoms with van der Waals surface area (Å²) in [5.41, 5.74) is -0.836. The minimum absolute atomic E-state index is 0.209. The fraction of sp³-hybridized carbons (Fsp3) is 1.00. The van der Waals surface area contributed by atoms with Crippen molar-refractivity contribution < 1.29 is 27.2 Å². The van der Waals surface area contributed by atoms with Crippen LogP contribution < -0.4 is 0 Å². The quantitative estimate of drug-likeness (QED) is 0.224. The van der Waals surface area contributed by atoms with Crippen LogP contribution in [0.4, 0.5) is 0 Å². The molecule has 0 fully saturated rings. The molecule has 0 atom stereocenters. The van der Waals surface area contributed by atoms with Crippen molar-refractivity contribution in [3.8, 4) is 0 Å². The van der Waals surface area contributed by atoms with Crippen LogP contribution in [0.5, 0.6) is 0 Å². The van der Waals surface area contributed by atoms with Gasteiger partial charge in [0.2, 0.25) is 0 Å². The molecule has 0 aliphatic carbocycles. The Hall–Kier alpha value is 0.819. The molecular formula is C20H44O6P2Se. The van der Waals surface area contributed by atoms with Gasteiger partial charge in [0.15, 0.2) is 0 Å². The molecule has 9 heteroatoms. The first-order valence-corrected chi connectivity index (χ1v) is 17.5. The van der Waals surface area contributed by atoms with Gasteiger partial charge >= 0.3 is 185 Å². The number of hydrogen-bond donors (Lipinski definition) is 0. The molecule has 0 radical (unpaired) electrons. The Morgan fingerprint density at radius 1 is 0.483 bits per heavy atom. The second-order valence-electron chi connectivity index (χ2n) is 12.3. The maximum atomic E-state index is 13.6. The van der Waals surface area contributed by atoms with Crippen LogP contribution >= 0.6 is 12.6 Å². The summed E-state index contributed by atoms with van der Waals surface area (Å²) < 4.78 is 50.4. The van der Waals surface area contributed by atoms with E-state index in [4.69, 9.17) is 18.1 Å². The Labute approximate surface area is 185 Å². The summed E-state index contributed by atoms with van der Waals surface area (Å²) in [7, 11) is 0. The zero-order valence-corrected chi connectivity index (χ0v) is 24.1. The van der Waals surface area contributed by atoms with Gasteiger partial charge in [-0.05, 0) is 0 Å². The van der Waals surface area contributed by atoms with Crippen molar-refractivity contribution >= 4 is 26.6 Å². The molecule has 0 aromatic rings. The average Bonchev–Trinajstić information content (AvgIpc) is 2.45. The van der Waals surface area contributed by atoms with E-state index in [1.165, 1.54) is 0 Å². The maximum absolute atomic E-state index is 13.6. The van der Waals surface area contributed by atoms with Crippen molar-refractivity contribution in [2.75, 3.05) is 26.4 Å². The van der Waals surface area contributed by atoms with Gasteiger partial charge in [-0.15, -0.1) is 0 Å². The monoisotopic (exact) mass is 522 g/mol. The summed E-state index contributed by atoms with van der Waals surface area (Å²) in [4.78, 5) is 0. The van der Waals surface area contributed by atoms with E-state index in [-0.39, 0.29) is 48.1 Å². The van der Waals surface area contributed by atoms with Gasteiger partial charge in [-0.1, -0.05) is 0 Å². The number of hydrogen-bond acceptors (Lipinski definition) is 6. The Morgan fingerprint density at radius 3 is 0.793 bits per heavy atom. The third kappa shape index (κ3) is 17.1. The van der Waals surface area contributed by atoms with Gasteiger partial charge < -0.3 is 0 Å². The van der Waals surface area contributed by atoms with Crippen molar-refractivity contribution in [1.82, 2.24) is 0 Å². The first kappa shape index (κ1) is 29.8. The fourth-order valence-corrected chi connectivity index (χ4v) is 15.0. The van der Waals surface area contributed by atoms with Crippen LogP contribution in [0.3, 0.4) is 0 Å². The standard InChI is InChI=1S/C20H44O6P2Se/c1-17(2,3)13-23-27(21,24-14-18(4,5)6)29-28(22,25-15-19(7,8)9)26-16-20(10,11)12/h13-16H2,1-12H3. The topological polar surface area (TPSA) is 71.1 Å². The third-order valence-corrected chi connectivity index (χ3v) is 16.4. The molecule has 0 saturated heterocycles. The van der Waals surface area contributed by atoms with Gasteiger partial charge in [0.05, 0.1) is 0 Å². The zero-order valence-electron chi connectivity index (χ0n) is 20.6. The molecule has 29 heavy (non-hydrogen) atoms. The molecule has 0 bridgehead atoms. The van der Waals surface area contributed by atoms with E-state index in [1.807, 2.05) is 83.1 Å². The third-order valence-electron chi connectivity index (χ3n) is 2.82. The van der Waals surface area contributed by atoms with Crippen LogP contribution in [-0.4, -0.2) is 40.5 Å². The minimum atomic E-state index is -3.65. The van der Waals surface area contributed by atoms with Crippen LogP contribution in [0.15, 0.2) is 0 Å². The van der Waals surface area contributed by atoms with E-state index in [2.05, 4.69) is 0 Å². The molecule has 0 saturated carbocycles. The van der Waals surface area contributed by atoms with Crippen LogP contribution in [-0.2, 0) is 27.2 Å². The Balaban J connectivity index is 5.67. The predicted octanol–water partition coefficient (Wildman–Crippen LogP) is 7.16. The van der Waals surface area contributed by atoms with Gasteiger partial charge in [-0.25, -0.2) is 0 Å². The SMILES string of the molecule is CC(C)(C)COP(=O)(OCC(C)(C)C)[Se]P(=O)(OCC(C)(C)C)OCC(C)(C)C. The van der Waals surface area contributed by atoms with E-state index in [0.717, 1.165) is 0 Å². The summed E-state index contributed by atoms with van der Waals surface area (Å²) >= 11 is -1.12. The summed E-state index contributed by atoms with van der Waals surface area (Å²) in [6, 6.07) is 0. The van der Waals surface area contributed by atoms with Crippen LogP contribution in [0.25, 0.3) is 0 Å². The van der Waals surface area contributed by atoms with Crippen LogP contribution in [0.1, 0.15) is 83.1 Å². The second-order valence-corrected chi connectivity index (χ2v) is 24.5. The van der Waals surface area contributed by atoms with E-state index < -0.39 is 26.6 Å². The molecule has 0 aliphatic rings. The van der Waals surface area contributed by atoms with Crippen molar-refractivity contribution in [3.05, 3.63) is 0 Å². The normalized spacial score (nSPS) is 15.0. The van der Waals surface area contributed by atoms with Crippen LogP contribution in [0, 0.1) is 21.7 Å². The summed E-state index contributed by atoms with van der Waals surface area (Å²) in [5.74, 6) is 0. The second kappa shape index (κ2) is 10.6. The van der Waals surface area contributed by atoms with Crippen molar-refractivity contribution in [3.63, 3.8) is 0 Å². The van der Waals surface area contributed by atoms with Gasteiger partial charge in [0.25, 0.3) is 0 Å². The summed E-state index contributed by atoms with van der Waals surface area (Å²) in [5, 5.41) is 0. The van der Waals surface area contributed by atoms with Crippen molar-refractivity contribution in [2.45, 2.75) is 83.1 Å². The molecule has 0 aromatic heterocycles. The van der Waals surface area contributed by atoms with Gasteiger partial charge in [-0.3, -0.25) is 0 Å². The Bertz CT molecular complexity index is 498. The number of rotatable bonds is 10. The molecule has 0 aromatic carbocycles. The van der Waals surface area contributed by atoms with Gasteiger partial charge in [0.1, 0.15) is 0 Å². The molecule has 0 heterocycles. The molecule has 0 unspecified atom stereocenters. The molecule has 0 aliphatic heterocycles. The van der Waals surface area contributed by atoms with E-state index in [1.54, 1.807) is 0 Å². The molecular weight excluding hydrogens is 477 g/mol. The Morgan fingerprint density at radius 2 is 0.655 bits per heavy atom. The first-order chi connectivity index (χ1) is 12.5. The molecule has 0 rings (SSSR count). The summed E-state index contributed by atoms with van der Waals surface area (Å²) in [6.45, 7) is 24.8. The van der Waals surface area contributed by atoms with E-state index in [0.29, 0.717) is 0 Å². The van der Waals surface area contributed by atoms with E-state index >= 15 is 0 Å². The van der Waals surface area contributed by atoms with Gasteiger partial charge in [0, 0.05) is 0 Å². The predicted molar refractivity (Wildman–Crippen MR) is 123 cm³/mol. The Kier molecular flexibility index (Phi) is 10.9. The van der Waals surface area contributed by atoms with Crippen molar-refractivity contribution in [1.29, 1.82) is 0 Å². The fourth-order valence-electron chi connectivity index (χ4n) is 1.38. The zero-order chi connectivity index (χ0) is 23.4. The molecule has 0 spiro atoms. The van der Waals surface area contributed by atoms with Gasteiger partial charge in [-0.2, -0.15) is 0 Å². The average molecular weight is 521 g/mol. The molecule has 176 valence electrons. The molecule has 0 N–H and O–H groups in total. The van der Waals surface area contributed by atoms with Crippen molar-refractivity contribution in [2.24, 2.45) is 21.7 Å². The van der Waals surface area contributed by atoms with Crippen LogP contribution in [0.2, 0.25) is 0 Å².